The summed E-state index contributed by atoms with van der Waals surface area (Å²) < 4.78 is 16.6. The van der Waals surface area contributed by atoms with Crippen LogP contribution in [0.2, 0.25) is 0 Å². The van der Waals surface area contributed by atoms with Crippen LogP contribution >= 0.6 is 0 Å². The van der Waals surface area contributed by atoms with Crippen LogP contribution in [0.25, 0.3) is 22.0 Å². The Labute approximate surface area is 157 Å². The average molecular weight is 363 g/mol. The Balaban J connectivity index is 1.84. The molecule has 0 saturated heterocycles. The highest BCUT2D eigenvalue weighted by Crippen LogP contribution is 2.36. The van der Waals surface area contributed by atoms with Crippen LogP contribution in [-0.2, 0) is 4.74 Å². The number of aromatic nitrogens is 2. The molecule has 0 amide bonds. The molecule has 0 atom stereocenters. The number of rotatable bonds is 4. The van der Waals surface area contributed by atoms with Gasteiger partial charge < -0.3 is 14.2 Å². The van der Waals surface area contributed by atoms with Gasteiger partial charge in [-0.15, -0.1) is 0 Å². The van der Waals surface area contributed by atoms with Crippen molar-refractivity contribution in [3.05, 3.63) is 48.2 Å². The van der Waals surface area contributed by atoms with Crippen LogP contribution in [0, 0.1) is 0 Å². The largest absolute Gasteiger partial charge is 0.493 e. The molecule has 6 nitrogen and oxygen atoms in total. The molecule has 2 aromatic carbocycles. The molecule has 0 bridgehead atoms. The summed E-state index contributed by atoms with van der Waals surface area (Å²) in [5.41, 5.74) is 3.46. The Bertz CT molecular complexity index is 1040. The first kappa shape index (κ1) is 17.3. The Kier molecular flexibility index (Phi) is 4.18. The van der Waals surface area contributed by atoms with Crippen molar-refractivity contribution in [3.8, 4) is 22.6 Å². The lowest BCUT2D eigenvalue weighted by molar-refractivity contribution is 0.279. The fourth-order valence-electron chi connectivity index (χ4n) is 3.17. The van der Waals surface area contributed by atoms with Gasteiger partial charge in [-0.2, -0.15) is 10.2 Å². The van der Waals surface area contributed by atoms with Gasteiger partial charge in [0, 0.05) is 22.6 Å². The van der Waals surface area contributed by atoms with Gasteiger partial charge in [-0.05, 0) is 37.6 Å². The maximum atomic E-state index is 5.78. The molecule has 0 unspecified atom stereocenters. The van der Waals surface area contributed by atoms with Gasteiger partial charge in [0.15, 0.2) is 11.5 Å². The predicted molar refractivity (Wildman–Crippen MR) is 105 cm³/mol. The molecule has 4 rings (SSSR count). The first-order chi connectivity index (χ1) is 13.0. The monoisotopic (exact) mass is 363 g/mol. The Hall–Kier alpha value is -3.15. The number of nitrogens with zero attached hydrogens (tertiary/aromatic N) is 3. The number of ether oxygens (including phenoxy) is 3. The third kappa shape index (κ3) is 3.18. The highest BCUT2D eigenvalue weighted by Gasteiger charge is 2.27. The van der Waals surface area contributed by atoms with Crippen molar-refractivity contribution in [1.82, 2.24) is 10.2 Å². The minimum Gasteiger partial charge on any atom is -0.493 e. The second kappa shape index (κ2) is 6.54. The first-order valence-corrected chi connectivity index (χ1v) is 8.71. The van der Waals surface area contributed by atoms with Gasteiger partial charge in [-0.1, -0.05) is 12.1 Å². The summed E-state index contributed by atoms with van der Waals surface area (Å²) in [5, 5.41) is 9.34. The molecule has 0 aliphatic carbocycles. The average Bonchev–Trinajstić information content (AvgIpc) is 3.06. The lowest BCUT2D eigenvalue weighted by atomic mass is 10.0. The Morgan fingerprint density at radius 3 is 2.44 bits per heavy atom. The Morgan fingerprint density at radius 2 is 1.74 bits per heavy atom. The molecule has 27 heavy (non-hydrogen) atoms. The van der Waals surface area contributed by atoms with Crippen LogP contribution in [0.4, 0.5) is 0 Å². The van der Waals surface area contributed by atoms with Crippen molar-refractivity contribution >= 4 is 16.8 Å². The quantitative estimate of drug-likeness (QED) is 0.704. The van der Waals surface area contributed by atoms with E-state index in [0.717, 1.165) is 27.6 Å². The van der Waals surface area contributed by atoms with Gasteiger partial charge in [0.25, 0.3) is 0 Å². The predicted octanol–water partition coefficient (Wildman–Crippen LogP) is 3.87. The number of fused-ring (bicyclic) bond motifs is 1. The van der Waals surface area contributed by atoms with Gasteiger partial charge >= 0.3 is 0 Å². The molecule has 1 aliphatic rings. The van der Waals surface area contributed by atoms with E-state index in [0.29, 0.717) is 24.0 Å². The third-order valence-electron chi connectivity index (χ3n) is 4.53. The highest BCUT2D eigenvalue weighted by molar-refractivity contribution is 5.99. The van der Waals surface area contributed by atoms with Crippen LogP contribution in [0.3, 0.4) is 0 Å². The standard InChI is InChI=1S/C21H21N3O3/c1-21(2)12-27-20(23-21)14-7-5-6-13(8-14)16-11-22-24-17-10-19(26-4)18(25-3)9-15(16)17/h5-11H,12H2,1-4H3. The van der Waals surface area contributed by atoms with E-state index < -0.39 is 0 Å². The van der Waals surface area contributed by atoms with Crippen LogP contribution in [0.5, 0.6) is 11.5 Å². The summed E-state index contributed by atoms with van der Waals surface area (Å²) in [6, 6.07) is 11.9. The van der Waals surface area contributed by atoms with E-state index >= 15 is 0 Å². The summed E-state index contributed by atoms with van der Waals surface area (Å²) in [6.45, 7) is 4.71. The van der Waals surface area contributed by atoms with Crippen molar-refractivity contribution in [3.63, 3.8) is 0 Å². The zero-order chi connectivity index (χ0) is 19.0. The third-order valence-corrected chi connectivity index (χ3v) is 4.53. The van der Waals surface area contributed by atoms with Crippen LogP contribution in [0.1, 0.15) is 19.4 Å². The number of benzene rings is 2. The van der Waals surface area contributed by atoms with Crippen molar-refractivity contribution in [2.24, 2.45) is 4.99 Å². The van der Waals surface area contributed by atoms with E-state index in [9.17, 15) is 0 Å². The normalized spacial score (nSPS) is 15.3. The molecule has 6 heteroatoms. The molecule has 2 heterocycles. The highest BCUT2D eigenvalue weighted by atomic mass is 16.5. The molecule has 0 spiro atoms. The number of methoxy groups -OCH3 is 2. The zero-order valence-electron chi connectivity index (χ0n) is 15.8. The van der Waals surface area contributed by atoms with Crippen LogP contribution < -0.4 is 9.47 Å². The fourth-order valence-corrected chi connectivity index (χ4v) is 3.17. The minimum absolute atomic E-state index is 0.194. The number of hydrogen-bond acceptors (Lipinski definition) is 6. The van der Waals surface area contributed by atoms with E-state index in [-0.39, 0.29) is 5.54 Å². The van der Waals surface area contributed by atoms with Crippen molar-refractivity contribution in [1.29, 1.82) is 0 Å². The molecule has 138 valence electrons. The fraction of sp³-hybridized carbons (Fsp3) is 0.286. The SMILES string of the molecule is COc1cc2nncc(-c3cccc(C4=NC(C)(C)CO4)c3)c2cc1OC. The van der Waals surface area contributed by atoms with Gasteiger partial charge in [-0.3, -0.25) is 0 Å². The van der Waals surface area contributed by atoms with E-state index in [1.54, 1.807) is 20.4 Å². The topological polar surface area (TPSA) is 65.8 Å². The summed E-state index contributed by atoms with van der Waals surface area (Å²) in [4.78, 5) is 4.67. The smallest absolute Gasteiger partial charge is 0.216 e. The van der Waals surface area contributed by atoms with E-state index in [1.807, 2.05) is 30.3 Å². The molecule has 0 N–H and O–H groups in total. The molecule has 1 aromatic heterocycles. The second-order valence-electron chi connectivity index (χ2n) is 7.08. The molecule has 0 saturated carbocycles. The zero-order valence-corrected chi connectivity index (χ0v) is 15.8. The second-order valence-corrected chi connectivity index (χ2v) is 7.08. The summed E-state index contributed by atoms with van der Waals surface area (Å²) in [6.07, 6.45) is 1.76. The van der Waals surface area contributed by atoms with E-state index in [4.69, 9.17) is 14.2 Å². The van der Waals surface area contributed by atoms with Crippen LogP contribution in [-0.4, -0.2) is 42.5 Å². The maximum absolute atomic E-state index is 5.78. The van der Waals surface area contributed by atoms with Crippen molar-refractivity contribution in [2.75, 3.05) is 20.8 Å². The molecule has 0 fully saturated rings. The van der Waals surface area contributed by atoms with E-state index in [2.05, 4.69) is 35.1 Å². The lowest BCUT2D eigenvalue weighted by Crippen LogP contribution is -2.17. The Morgan fingerprint density at radius 1 is 1.00 bits per heavy atom. The maximum Gasteiger partial charge on any atom is 0.216 e. The van der Waals surface area contributed by atoms with Gasteiger partial charge in [0.05, 0.1) is 31.5 Å². The molecule has 3 aromatic rings. The first-order valence-electron chi connectivity index (χ1n) is 8.71. The van der Waals surface area contributed by atoms with Crippen molar-refractivity contribution < 1.29 is 14.2 Å². The molecular weight excluding hydrogens is 342 g/mol. The summed E-state index contributed by atoms with van der Waals surface area (Å²) in [7, 11) is 3.23. The summed E-state index contributed by atoms with van der Waals surface area (Å²) in [5.74, 6) is 1.95. The minimum atomic E-state index is -0.194. The van der Waals surface area contributed by atoms with Gasteiger partial charge in [-0.25, -0.2) is 4.99 Å². The lowest BCUT2D eigenvalue weighted by Gasteiger charge is -2.11. The molecule has 1 aliphatic heterocycles. The van der Waals surface area contributed by atoms with Gasteiger partial charge in [0.2, 0.25) is 5.90 Å². The number of aliphatic imine (C=N–C) groups is 1. The van der Waals surface area contributed by atoms with Crippen molar-refractivity contribution in [2.45, 2.75) is 19.4 Å². The van der Waals surface area contributed by atoms with Crippen LogP contribution in [0.15, 0.2) is 47.6 Å². The van der Waals surface area contributed by atoms with Gasteiger partial charge in [0.1, 0.15) is 6.61 Å². The number of hydrogen-bond donors (Lipinski definition) is 0. The molecular formula is C21H21N3O3. The summed E-state index contributed by atoms with van der Waals surface area (Å²) >= 11 is 0. The van der Waals surface area contributed by atoms with E-state index in [1.165, 1.54) is 0 Å². The molecule has 0 radical (unpaired) electrons.